The van der Waals surface area contributed by atoms with Crippen LogP contribution < -0.4 is 10.2 Å². The Balaban J connectivity index is 1.87. The van der Waals surface area contributed by atoms with Gasteiger partial charge < -0.3 is 15.3 Å². The van der Waals surface area contributed by atoms with Crippen molar-refractivity contribution < 1.29 is 34.1 Å². The first-order valence-corrected chi connectivity index (χ1v) is 10.5. The molecule has 0 aliphatic carbocycles. The molecule has 2 heterocycles. The van der Waals surface area contributed by atoms with Crippen LogP contribution in [0, 0.1) is 0 Å². The first-order chi connectivity index (χ1) is 13.7. The number of hydrogen-bond donors (Lipinski definition) is 2. The number of nitrogens with zero attached hydrogens (tertiary/aromatic N) is 4. The van der Waals surface area contributed by atoms with Crippen LogP contribution in [-0.2, 0) is 7.05 Å². The van der Waals surface area contributed by atoms with Gasteiger partial charge in [-0.2, -0.15) is 5.10 Å². The van der Waals surface area contributed by atoms with Crippen molar-refractivity contribution in [2.75, 3.05) is 36.5 Å². The summed E-state index contributed by atoms with van der Waals surface area (Å²) in [4.78, 5) is 25.3. The summed E-state index contributed by atoms with van der Waals surface area (Å²) < 4.78 is 66.4. The average molecular weight is 455 g/mol. The Hall–Kier alpha value is -2.87. The maximum absolute atomic E-state index is 13.0. The van der Waals surface area contributed by atoms with E-state index in [0.29, 0.717) is 12.6 Å². The summed E-state index contributed by atoms with van der Waals surface area (Å²) in [6.07, 6.45) is 1.32. The van der Waals surface area contributed by atoms with Gasteiger partial charge in [-0.25, -0.2) is 4.79 Å². The molecule has 0 saturated carbocycles. The molecule has 1 aromatic carbocycles. The molecule has 3 rings (SSSR count). The summed E-state index contributed by atoms with van der Waals surface area (Å²) in [5.41, 5.74) is -0.621. The number of anilines is 2. The van der Waals surface area contributed by atoms with Crippen molar-refractivity contribution in [3.63, 3.8) is 0 Å². The third-order valence-electron chi connectivity index (χ3n) is 4.32. The van der Waals surface area contributed by atoms with Gasteiger partial charge in [-0.05, 0) is 18.2 Å². The van der Waals surface area contributed by atoms with Crippen LogP contribution in [0.25, 0.3) is 0 Å². The lowest BCUT2D eigenvalue weighted by Crippen LogP contribution is -2.34. The SMILES string of the molecule is Cn1cc(NC(=O)c2cccc(S(F)(F)(F)(F)F)c2)c(N2CCN(CCO)C2=O)n1. The Kier molecular flexibility index (Phi) is 4.78. The number of rotatable bonds is 6. The largest absolute Gasteiger partial charge is 0.395 e. The van der Waals surface area contributed by atoms with E-state index in [4.69, 9.17) is 5.11 Å². The van der Waals surface area contributed by atoms with E-state index in [-0.39, 0.29) is 43.3 Å². The fourth-order valence-corrected chi connectivity index (χ4v) is 3.63. The topological polar surface area (TPSA) is 90.7 Å². The lowest BCUT2D eigenvalue weighted by Gasteiger charge is -2.40. The van der Waals surface area contributed by atoms with E-state index in [2.05, 4.69) is 10.4 Å². The van der Waals surface area contributed by atoms with Crippen LogP contribution >= 0.6 is 10.2 Å². The summed E-state index contributed by atoms with van der Waals surface area (Å²) in [6, 6.07) is 1.48. The van der Waals surface area contributed by atoms with E-state index in [0.717, 1.165) is 6.07 Å². The highest BCUT2D eigenvalue weighted by Crippen LogP contribution is 3.02. The predicted molar refractivity (Wildman–Crippen MR) is 100 cm³/mol. The molecule has 1 aliphatic rings. The zero-order valence-electron chi connectivity index (χ0n) is 15.6. The van der Waals surface area contributed by atoms with Gasteiger partial charge >= 0.3 is 16.3 Å². The van der Waals surface area contributed by atoms with Crippen LogP contribution in [0.4, 0.5) is 35.7 Å². The van der Waals surface area contributed by atoms with Crippen molar-refractivity contribution in [1.29, 1.82) is 0 Å². The monoisotopic (exact) mass is 455 g/mol. The molecule has 1 aliphatic heterocycles. The molecule has 14 heteroatoms. The van der Waals surface area contributed by atoms with Crippen LogP contribution in [-0.4, -0.2) is 58.0 Å². The molecule has 0 unspecified atom stereocenters. The molecule has 30 heavy (non-hydrogen) atoms. The molecule has 1 aromatic heterocycles. The maximum atomic E-state index is 13.0. The number of hydrogen-bond acceptors (Lipinski definition) is 4. The van der Waals surface area contributed by atoms with Gasteiger partial charge in [-0.1, -0.05) is 25.5 Å². The van der Waals surface area contributed by atoms with Gasteiger partial charge in [0.05, 0.1) is 12.8 Å². The van der Waals surface area contributed by atoms with Gasteiger partial charge in [-0.3, -0.25) is 14.4 Å². The lowest BCUT2D eigenvalue weighted by molar-refractivity contribution is 0.102. The first-order valence-electron chi connectivity index (χ1n) is 8.56. The minimum Gasteiger partial charge on any atom is -0.395 e. The van der Waals surface area contributed by atoms with E-state index in [1.807, 2.05) is 0 Å². The van der Waals surface area contributed by atoms with Gasteiger partial charge in [0, 0.05) is 32.2 Å². The average Bonchev–Trinajstić information content (AvgIpc) is 3.16. The molecular weight excluding hydrogens is 437 g/mol. The lowest BCUT2D eigenvalue weighted by atomic mass is 10.2. The second kappa shape index (κ2) is 6.57. The zero-order valence-corrected chi connectivity index (χ0v) is 16.4. The van der Waals surface area contributed by atoms with Gasteiger partial charge in [-0.15, -0.1) is 0 Å². The molecule has 2 aromatic rings. The Morgan fingerprint density at radius 2 is 1.93 bits per heavy atom. The molecule has 166 valence electrons. The Morgan fingerprint density at radius 1 is 1.23 bits per heavy atom. The van der Waals surface area contributed by atoms with Crippen LogP contribution in [0.2, 0.25) is 0 Å². The summed E-state index contributed by atoms with van der Waals surface area (Å²) in [6.45, 7) is 0.368. The van der Waals surface area contributed by atoms with Crippen LogP contribution in [0.15, 0.2) is 35.4 Å². The van der Waals surface area contributed by atoms with Gasteiger partial charge in [0.2, 0.25) is 0 Å². The number of aliphatic hydroxyl groups is 1. The van der Waals surface area contributed by atoms with E-state index in [9.17, 15) is 29.0 Å². The molecule has 1 fully saturated rings. The number of urea groups is 1. The minimum absolute atomic E-state index is 0.0134. The minimum atomic E-state index is -9.95. The molecule has 8 nitrogen and oxygen atoms in total. The molecule has 3 amide bonds. The van der Waals surface area contributed by atoms with E-state index in [1.165, 1.54) is 27.7 Å². The van der Waals surface area contributed by atoms with Gasteiger partial charge in [0.1, 0.15) is 10.6 Å². The highest BCUT2D eigenvalue weighted by atomic mass is 32.5. The first kappa shape index (κ1) is 21.8. The normalized spacial score (nSPS) is 17.1. The van der Waals surface area contributed by atoms with E-state index < -0.39 is 32.6 Å². The second-order valence-corrected chi connectivity index (χ2v) is 9.05. The summed E-state index contributed by atoms with van der Waals surface area (Å²) >= 11 is 0. The standard InChI is InChI=1S/C16H18F5N5O3S/c1-24-10-13(14(23-24)26-6-5-25(7-8-27)16(26)29)22-15(28)11-3-2-4-12(9-11)30(17,18,19,20)21/h2-4,9-10,27H,5-8H2,1H3,(H,22,28). The quantitative estimate of drug-likeness (QED) is 0.652. The third kappa shape index (κ3) is 4.48. The number of amides is 3. The van der Waals surface area contributed by atoms with Crippen LogP contribution in [0.5, 0.6) is 0 Å². The van der Waals surface area contributed by atoms with Crippen LogP contribution in [0.1, 0.15) is 10.4 Å². The van der Waals surface area contributed by atoms with E-state index >= 15 is 0 Å². The number of nitrogens with one attached hydrogen (secondary N) is 1. The fraction of sp³-hybridized carbons (Fsp3) is 0.312. The van der Waals surface area contributed by atoms with Crippen molar-refractivity contribution in [3.8, 4) is 0 Å². The van der Waals surface area contributed by atoms with Crippen molar-refractivity contribution in [3.05, 3.63) is 36.0 Å². The number of carbonyl (C=O) groups is 2. The molecule has 0 radical (unpaired) electrons. The smallest absolute Gasteiger partial charge is 0.325 e. The molecule has 2 N–H and O–H groups in total. The second-order valence-electron chi connectivity index (χ2n) is 6.64. The third-order valence-corrected chi connectivity index (χ3v) is 5.46. The molecule has 1 saturated heterocycles. The number of β-amino-alcohol motifs (C(OH)–C–C–N with tert-alkyl or cyclic N) is 1. The predicted octanol–water partition coefficient (Wildman–Crippen LogP) is 3.56. The van der Waals surface area contributed by atoms with Crippen LogP contribution in [0.3, 0.4) is 0 Å². The highest BCUT2D eigenvalue weighted by molar-refractivity contribution is 8.45. The highest BCUT2D eigenvalue weighted by Gasteiger charge is 2.65. The number of halogens is 5. The molecule has 0 bridgehead atoms. The number of aromatic nitrogens is 2. The van der Waals surface area contributed by atoms with Crippen molar-refractivity contribution in [1.82, 2.24) is 14.7 Å². The summed E-state index contributed by atoms with van der Waals surface area (Å²) in [5.74, 6) is -1.04. The van der Waals surface area contributed by atoms with E-state index in [1.54, 1.807) is 0 Å². The maximum Gasteiger partial charge on any atom is 0.325 e. The van der Waals surface area contributed by atoms with Gasteiger partial charge in [0.15, 0.2) is 5.82 Å². The number of benzene rings is 1. The summed E-state index contributed by atoms with van der Waals surface area (Å²) in [7, 11) is -8.45. The zero-order chi connectivity index (χ0) is 22.4. The van der Waals surface area contributed by atoms with Crippen molar-refractivity contribution in [2.24, 2.45) is 7.05 Å². The number of aryl methyl sites for hydroxylation is 1. The Bertz CT molecular complexity index is 1010. The number of aliphatic hydroxyl groups excluding tert-OH is 1. The summed E-state index contributed by atoms with van der Waals surface area (Å²) in [5, 5.41) is 15.4. The molecular formula is C16H18F5N5O3S. The van der Waals surface area contributed by atoms with Gasteiger partial charge in [0.25, 0.3) is 5.91 Å². The Morgan fingerprint density at radius 3 is 2.57 bits per heavy atom. The number of carbonyl (C=O) groups excluding carboxylic acids is 2. The van der Waals surface area contributed by atoms with Crippen molar-refractivity contribution in [2.45, 2.75) is 4.90 Å². The molecule has 0 spiro atoms. The molecule has 0 atom stereocenters. The Labute approximate surface area is 167 Å². The fourth-order valence-electron chi connectivity index (χ4n) is 2.94. The van der Waals surface area contributed by atoms with Crippen molar-refractivity contribution >= 4 is 33.7 Å².